The summed E-state index contributed by atoms with van der Waals surface area (Å²) in [5, 5.41) is 0. The SMILES string of the molecule is COc1cccc2c1N(C1=CC(=O)C3OC3C1=O)CC=C2. The molecule has 2 aliphatic heterocycles. The Balaban J connectivity index is 1.83. The second kappa shape index (κ2) is 4.30. The summed E-state index contributed by atoms with van der Waals surface area (Å²) in [7, 11) is 1.59. The van der Waals surface area contributed by atoms with Gasteiger partial charge < -0.3 is 14.4 Å². The zero-order chi connectivity index (χ0) is 14.6. The van der Waals surface area contributed by atoms with Crippen molar-refractivity contribution in [1.29, 1.82) is 0 Å². The molecular formula is C16H13NO4. The van der Waals surface area contributed by atoms with Gasteiger partial charge in [0, 0.05) is 18.2 Å². The molecule has 106 valence electrons. The average Bonchev–Trinajstić information content (AvgIpc) is 3.31. The predicted molar refractivity (Wildman–Crippen MR) is 76.1 cm³/mol. The van der Waals surface area contributed by atoms with E-state index in [2.05, 4.69) is 0 Å². The van der Waals surface area contributed by atoms with Gasteiger partial charge in [0.2, 0.25) is 5.78 Å². The molecule has 2 heterocycles. The van der Waals surface area contributed by atoms with E-state index in [9.17, 15) is 9.59 Å². The summed E-state index contributed by atoms with van der Waals surface area (Å²) in [6.45, 7) is 0.523. The third-order valence-electron chi connectivity index (χ3n) is 3.96. The minimum Gasteiger partial charge on any atom is -0.495 e. The van der Waals surface area contributed by atoms with Crippen molar-refractivity contribution in [2.75, 3.05) is 18.6 Å². The van der Waals surface area contributed by atoms with Crippen LogP contribution in [0.5, 0.6) is 5.75 Å². The summed E-state index contributed by atoms with van der Waals surface area (Å²) in [4.78, 5) is 26.1. The van der Waals surface area contributed by atoms with Crippen molar-refractivity contribution in [2.45, 2.75) is 12.2 Å². The largest absolute Gasteiger partial charge is 0.495 e. The minimum absolute atomic E-state index is 0.133. The van der Waals surface area contributed by atoms with Crippen molar-refractivity contribution in [1.82, 2.24) is 0 Å². The first-order valence-corrected chi connectivity index (χ1v) is 6.77. The molecule has 2 unspecified atom stereocenters. The van der Waals surface area contributed by atoms with Crippen LogP contribution in [0.15, 0.2) is 36.0 Å². The Morgan fingerprint density at radius 1 is 1.29 bits per heavy atom. The van der Waals surface area contributed by atoms with Gasteiger partial charge in [0.1, 0.15) is 5.75 Å². The zero-order valence-electron chi connectivity index (χ0n) is 11.4. The van der Waals surface area contributed by atoms with Gasteiger partial charge in [-0.15, -0.1) is 0 Å². The fraction of sp³-hybridized carbons (Fsp3) is 0.250. The van der Waals surface area contributed by atoms with Crippen LogP contribution in [0.1, 0.15) is 5.56 Å². The highest BCUT2D eigenvalue weighted by molar-refractivity contribution is 6.17. The summed E-state index contributed by atoms with van der Waals surface area (Å²) >= 11 is 0. The quantitative estimate of drug-likeness (QED) is 0.766. The number of Topliss-reactive ketones (excluding diaryl/α,β-unsaturated/α-hetero) is 1. The lowest BCUT2D eigenvalue weighted by molar-refractivity contribution is -0.119. The molecule has 5 nitrogen and oxygen atoms in total. The molecule has 21 heavy (non-hydrogen) atoms. The van der Waals surface area contributed by atoms with Crippen LogP contribution in [0.3, 0.4) is 0 Å². The molecule has 0 aromatic heterocycles. The number of fused-ring (bicyclic) bond motifs is 2. The normalized spacial score (nSPS) is 26.1. The second-order valence-corrected chi connectivity index (χ2v) is 5.18. The fourth-order valence-corrected chi connectivity index (χ4v) is 2.90. The number of epoxide rings is 1. The number of methoxy groups -OCH3 is 1. The molecule has 1 aliphatic carbocycles. The highest BCUT2D eigenvalue weighted by atomic mass is 16.6. The number of rotatable bonds is 2. The minimum atomic E-state index is -0.596. The molecule has 3 aliphatic rings. The van der Waals surface area contributed by atoms with E-state index < -0.39 is 12.2 Å². The molecule has 0 saturated carbocycles. The second-order valence-electron chi connectivity index (χ2n) is 5.18. The van der Waals surface area contributed by atoms with Gasteiger partial charge in [0.25, 0.3) is 0 Å². The molecule has 1 saturated heterocycles. The maximum absolute atomic E-state index is 12.4. The highest BCUT2D eigenvalue weighted by Crippen LogP contribution is 2.40. The number of para-hydroxylation sites is 1. The van der Waals surface area contributed by atoms with Crippen molar-refractivity contribution in [3.8, 4) is 5.75 Å². The van der Waals surface area contributed by atoms with Crippen molar-refractivity contribution < 1.29 is 19.1 Å². The van der Waals surface area contributed by atoms with Gasteiger partial charge in [-0.25, -0.2) is 0 Å². The van der Waals surface area contributed by atoms with Gasteiger partial charge in [0.15, 0.2) is 18.0 Å². The van der Waals surface area contributed by atoms with Crippen LogP contribution >= 0.6 is 0 Å². The number of hydrogen-bond acceptors (Lipinski definition) is 5. The number of anilines is 1. The van der Waals surface area contributed by atoms with Crippen molar-refractivity contribution in [3.63, 3.8) is 0 Å². The summed E-state index contributed by atoms with van der Waals surface area (Å²) in [5.41, 5.74) is 2.16. The van der Waals surface area contributed by atoms with E-state index in [0.29, 0.717) is 18.0 Å². The van der Waals surface area contributed by atoms with E-state index in [0.717, 1.165) is 11.3 Å². The van der Waals surface area contributed by atoms with E-state index in [1.165, 1.54) is 6.08 Å². The van der Waals surface area contributed by atoms with E-state index >= 15 is 0 Å². The monoisotopic (exact) mass is 283 g/mol. The summed E-state index contributed by atoms with van der Waals surface area (Å²) < 4.78 is 10.5. The van der Waals surface area contributed by atoms with Gasteiger partial charge in [-0.3, -0.25) is 9.59 Å². The Morgan fingerprint density at radius 3 is 2.95 bits per heavy atom. The topological polar surface area (TPSA) is 59.1 Å². The van der Waals surface area contributed by atoms with Crippen molar-refractivity contribution in [2.24, 2.45) is 0 Å². The number of nitrogens with zero attached hydrogens (tertiary/aromatic N) is 1. The lowest BCUT2D eigenvalue weighted by Crippen LogP contribution is -2.36. The van der Waals surface area contributed by atoms with Crippen LogP contribution < -0.4 is 9.64 Å². The maximum atomic E-state index is 12.4. The Morgan fingerprint density at radius 2 is 2.14 bits per heavy atom. The molecule has 0 N–H and O–H groups in total. The van der Waals surface area contributed by atoms with Gasteiger partial charge in [-0.1, -0.05) is 24.3 Å². The molecule has 1 aromatic rings. The summed E-state index contributed by atoms with van der Waals surface area (Å²) in [5.74, 6) is 0.407. The number of ketones is 2. The first-order chi connectivity index (χ1) is 10.2. The number of ether oxygens (including phenoxy) is 2. The third-order valence-corrected chi connectivity index (χ3v) is 3.96. The van der Waals surface area contributed by atoms with Crippen LogP contribution in [-0.2, 0) is 14.3 Å². The predicted octanol–water partition coefficient (Wildman–Crippen LogP) is 1.33. The van der Waals surface area contributed by atoms with E-state index in [1.807, 2.05) is 35.3 Å². The van der Waals surface area contributed by atoms with Crippen LogP contribution in [0.2, 0.25) is 0 Å². The summed E-state index contributed by atoms with van der Waals surface area (Å²) in [6.07, 6.45) is 4.19. The number of carbonyl (C=O) groups excluding carboxylic acids is 2. The number of benzene rings is 1. The standard InChI is InChI=1S/C16H13NO4/c1-20-12-6-2-4-9-5-3-7-17(13(9)12)10-8-11(18)15-16(21-15)14(10)19/h2-6,8,15-16H,7H2,1H3. The number of hydrogen-bond donors (Lipinski definition) is 0. The molecule has 0 bridgehead atoms. The van der Waals surface area contributed by atoms with Gasteiger partial charge in [-0.2, -0.15) is 0 Å². The lowest BCUT2D eigenvalue weighted by Gasteiger charge is -2.31. The van der Waals surface area contributed by atoms with Crippen molar-refractivity contribution >= 4 is 23.3 Å². The Bertz CT molecular complexity index is 719. The molecule has 4 rings (SSSR count). The Labute approximate surface area is 121 Å². The van der Waals surface area contributed by atoms with Gasteiger partial charge >= 0.3 is 0 Å². The van der Waals surface area contributed by atoms with Crippen LogP contribution in [-0.4, -0.2) is 37.4 Å². The van der Waals surface area contributed by atoms with Crippen LogP contribution in [0.4, 0.5) is 5.69 Å². The Hall–Kier alpha value is -2.40. The lowest BCUT2D eigenvalue weighted by atomic mass is 9.98. The first-order valence-electron chi connectivity index (χ1n) is 6.77. The summed E-state index contributed by atoms with van der Waals surface area (Å²) in [6, 6.07) is 5.69. The van der Waals surface area contributed by atoms with E-state index in [4.69, 9.17) is 9.47 Å². The average molecular weight is 283 g/mol. The van der Waals surface area contributed by atoms with E-state index in [1.54, 1.807) is 7.11 Å². The van der Waals surface area contributed by atoms with Gasteiger partial charge in [0.05, 0.1) is 18.5 Å². The molecule has 1 fully saturated rings. The van der Waals surface area contributed by atoms with E-state index in [-0.39, 0.29) is 11.6 Å². The molecule has 0 radical (unpaired) electrons. The van der Waals surface area contributed by atoms with Gasteiger partial charge in [-0.05, 0) is 6.07 Å². The maximum Gasteiger partial charge on any atom is 0.211 e. The third kappa shape index (κ3) is 1.74. The van der Waals surface area contributed by atoms with Crippen LogP contribution in [0.25, 0.3) is 6.08 Å². The molecule has 5 heteroatoms. The molecule has 2 atom stereocenters. The smallest absolute Gasteiger partial charge is 0.211 e. The molecular weight excluding hydrogens is 270 g/mol. The Kier molecular flexibility index (Phi) is 2.53. The zero-order valence-corrected chi connectivity index (χ0v) is 11.4. The molecule has 1 aromatic carbocycles. The van der Waals surface area contributed by atoms with Crippen molar-refractivity contribution in [3.05, 3.63) is 41.6 Å². The number of carbonyl (C=O) groups is 2. The fourth-order valence-electron chi connectivity index (χ4n) is 2.90. The highest BCUT2D eigenvalue weighted by Gasteiger charge is 2.54. The van der Waals surface area contributed by atoms with Crippen LogP contribution in [0, 0.1) is 0 Å². The molecule has 0 amide bonds. The first kappa shape index (κ1) is 12.3. The molecule has 0 spiro atoms.